The van der Waals surface area contributed by atoms with Crippen LogP contribution in [0.15, 0.2) is 54.7 Å². The summed E-state index contributed by atoms with van der Waals surface area (Å²) in [4.78, 5) is 4.28. The van der Waals surface area contributed by atoms with E-state index in [9.17, 15) is 13.9 Å². The average Bonchev–Trinajstić information content (AvgIpc) is 2.50. The van der Waals surface area contributed by atoms with Crippen LogP contribution in [-0.2, 0) is 6.42 Å². The second-order valence-corrected chi connectivity index (χ2v) is 4.93. The fourth-order valence-electron chi connectivity index (χ4n) is 2.28. The van der Waals surface area contributed by atoms with Crippen molar-refractivity contribution in [3.8, 4) is 0 Å². The van der Waals surface area contributed by atoms with Crippen LogP contribution in [0.25, 0.3) is 10.9 Å². The van der Waals surface area contributed by atoms with E-state index in [-0.39, 0.29) is 6.42 Å². The van der Waals surface area contributed by atoms with E-state index in [1.807, 2.05) is 30.3 Å². The van der Waals surface area contributed by atoms with E-state index in [0.717, 1.165) is 23.0 Å². The summed E-state index contributed by atoms with van der Waals surface area (Å²) in [5, 5.41) is 11.2. The molecule has 0 aliphatic carbocycles. The number of rotatable bonds is 3. The highest BCUT2D eigenvalue weighted by atomic mass is 19.2. The number of para-hydroxylation sites is 1. The van der Waals surface area contributed by atoms with Crippen LogP contribution < -0.4 is 0 Å². The molecular formula is C17H13F2NO. The monoisotopic (exact) mass is 285 g/mol. The Kier molecular flexibility index (Phi) is 3.62. The molecule has 1 atom stereocenters. The van der Waals surface area contributed by atoms with E-state index in [1.54, 1.807) is 6.20 Å². The van der Waals surface area contributed by atoms with Crippen LogP contribution in [0.3, 0.4) is 0 Å². The molecule has 21 heavy (non-hydrogen) atoms. The highest BCUT2D eigenvalue weighted by Crippen LogP contribution is 2.22. The zero-order valence-corrected chi connectivity index (χ0v) is 11.1. The van der Waals surface area contributed by atoms with Gasteiger partial charge in [-0.15, -0.1) is 0 Å². The van der Waals surface area contributed by atoms with Crippen molar-refractivity contribution in [2.75, 3.05) is 0 Å². The van der Waals surface area contributed by atoms with Gasteiger partial charge in [0.1, 0.15) is 0 Å². The highest BCUT2D eigenvalue weighted by molar-refractivity contribution is 5.78. The van der Waals surface area contributed by atoms with Crippen molar-refractivity contribution < 1.29 is 13.9 Å². The third kappa shape index (κ3) is 2.90. The van der Waals surface area contributed by atoms with Crippen molar-refractivity contribution in [2.45, 2.75) is 12.5 Å². The molecule has 0 saturated carbocycles. The molecule has 3 aromatic rings. The summed E-state index contributed by atoms with van der Waals surface area (Å²) in [6, 6.07) is 13.1. The lowest BCUT2D eigenvalue weighted by atomic mass is 10.0. The van der Waals surface area contributed by atoms with Gasteiger partial charge in [0.05, 0.1) is 11.6 Å². The summed E-state index contributed by atoms with van der Waals surface area (Å²) in [6.07, 6.45) is 0.997. The Morgan fingerprint density at radius 3 is 2.62 bits per heavy atom. The van der Waals surface area contributed by atoms with Crippen LogP contribution in [-0.4, -0.2) is 10.1 Å². The Morgan fingerprint density at radius 2 is 1.81 bits per heavy atom. The van der Waals surface area contributed by atoms with Crippen LogP contribution in [0.1, 0.15) is 17.2 Å². The number of benzene rings is 2. The van der Waals surface area contributed by atoms with Crippen molar-refractivity contribution in [3.63, 3.8) is 0 Å². The predicted octanol–water partition coefficient (Wildman–Crippen LogP) is 3.79. The Labute approximate surface area is 120 Å². The molecule has 0 radical (unpaired) electrons. The van der Waals surface area contributed by atoms with Crippen molar-refractivity contribution in [1.29, 1.82) is 0 Å². The molecule has 0 saturated heterocycles. The molecule has 1 unspecified atom stereocenters. The van der Waals surface area contributed by atoms with Gasteiger partial charge in [0.25, 0.3) is 0 Å². The highest BCUT2D eigenvalue weighted by Gasteiger charge is 2.11. The lowest BCUT2D eigenvalue weighted by molar-refractivity contribution is 0.178. The number of fused-ring (bicyclic) bond motifs is 1. The molecule has 4 heteroatoms. The molecule has 1 aromatic heterocycles. The fraction of sp³-hybridized carbons (Fsp3) is 0.118. The van der Waals surface area contributed by atoms with Gasteiger partial charge in [-0.25, -0.2) is 8.78 Å². The van der Waals surface area contributed by atoms with E-state index in [1.165, 1.54) is 6.07 Å². The van der Waals surface area contributed by atoms with Gasteiger partial charge in [0, 0.05) is 18.0 Å². The normalized spacial score (nSPS) is 12.5. The minimum Gasteiger partial charge on any atom is -0.388 e. The first-order valence-corrected chi connectivity index (χ1v) is 6.60. The topological polar surface area (TPSA) is 33.1 Å². The van der Waals surface area contributed by atoms with E-state index in [4.69, 9.17) is 0 Å². The number of aromatic nitrogens is 1. The SMILES string of the molecule is OC(Cc1ccc(F)c(F)c1)c1cnc2ccccc2c1. The quantitative estimate of drug-likeness (QED) is 0.794. The Hall–Kier alpha value is -2.33. The van der Waals surface area contributed by atoms with E-state index < -0.39 is 17.7 Å². The first kappa shape index (κ1) is 13.6. The standard InChI is InChI=1S/C17H13F2NO/c18-14-6-5-11(7-15(14)19)8-17(21)13-9-12-3-1-2-4-16(12)20-10-13/h1-7,9-10,17,21H,8H2. The lowest BCUT2D eigenvalue weighted by Gasteiger charge is -2.12. The van der Waals surface area contributed by atoms with Crippen LogP contribution in [0.2, 0.25) is 0 Å². The summed E-state index contributed by atoms with van der Waals surface area (Å²) < 4.78 is 26.1. The minimum atomic E-state index is -0.906. The van der Waals surface area contributed by atoms with Gasteiger partial charge in [-0.2, -0.15) is 0 Å². The third-order valence-electron chi connectivity index (χ3n) is 3.41. The number of nitrogens with zero attached hydrogens (tertiary/aromatic N) is 1. The number of halogens is 2. The second-order valence-electron chi connectivity index (χ2n) is 4.93. The van der Waals surface area contributed by atoms with Gasteiger partial charge >= 0.3 is 0 Å². The maximum absolute atomic E-state index is 13.2. The van der Waals surface area contributed by atoms with Crippen LogP contribution in [0, 0.1) is 11.6 Å². The number of aliphatic hydroxyl groups is 1. The predicted molar refractivity (Wildman–Crippen MR) is 76.8 cm³/mol. The number of hydrogen-bond donors (Lipinski definition) is 1. The number of aliphatic hydroxyl groups excluding tert-OH is 1. The molecule has 0 aliphatic rings. The summed E-state index contributed by atoms with van der Waals surface area (Å²) in [6.45, 7) is 0. The van der Waals surface area contributed by atoms with Crippen molar-refractivity contribution in [1.82, 2.24) is 4.98 Å². The molecule has 0 spiro atoms. The van der Waals surface area contributed by atoms with Gasteiger partial charge in [-0.05, 0) is 35.4 Å². The van der Waals surface area contributed by atoms with Gasteiger partial charge in [0.2, 0.25) is 0 Å². The molecule has 0 bridgehead atoms. The smallest absolute Gasteiger partial charge is 0.159 e. The maximum Gasteiger partial charge on any atom is 0.159 e. The zero-order valence-electron chi connectivity index (χ0n) is 11.1. The molecule has 3 rings (SSSR count). The number of pyridine rings is 1. The Morgan fingerprint density at radius 1 is 1.00 bits per heavy atom. The summed E-state index contributed by atoms with van der Waals surface area (Å²) in [5.74, 6) is -1.79. The van der Waals surface area contributed by atoms with Crippen molar-refractivity contribution >= 4 is 10.9 Å². The van der Waals surface area contributed by atoms with Crippen molar-refractivity contribution in [2.24, 2.45) is 0 Å². The maximum atomic E-state index is 13.2. The molecule has 0 aliphatic heterocycles. The van der Waals surface area contributed by atoms with E-state index >= 15 is 0 Å². The van der Waals surface area contributed by atoms with Crippen molar-refractivity contribution in [3.05, 3.63) is 77.5 Å². The third-order valence-corrected chi connectivity index (χ3v) is 3.41. The molecule has 2 nitrogen and oxygen atoms in total. The summed E-state index contributed by atoms with van der Waals surface area (Å²) in [5.41, 5.74) is 2.04. The molecule has 1 N–H and O–H groups in total. The van der Waals surface area contributed by atoms with Crippen LogP contribution in [0.4, 0.5) is 8.78 Å². The van der Waals surface area contributed by atoms with E-state index in [0.29, 0.717) is 11.1 Å². The fourth-order valence-corrected chi connectivity index (χ4v) is 2.28. The molecule has 0 fully saturated rings. The zero-order chi connectivity index (χ0) is 14.8. The summed E-state index contributed by atoms with van der Waals surface area (Å²) >= 11 is 0. The first-order chi connectivity index (χ1) is 10.1. The summed E-state index contributed by atoms with van der Waals surface area (Å²) in [7, 11) is 0. The van der Waals surface area contributed by atoms with Gasteiger partial charge < -0.3 is 5.11 Å². The van der Waals surface area contributed by atoms with E-state index in [2.05, 4.69) is 4.98 Å². The Bertz CT molecular complexity index is 789. The molecule has 106 valence electrons. The number of hydrogen-bond acceptors (Lipinski definition) is 2. The van der Waals surface area contributed by atoms with Gasteiger partial charge in [0.15, 0.2) is 11.6 Å². The van der Waals surface area contributed by atoms with Crippen LogP contribution >= 0.6 is 0 Å². The molecule has 1 heterocycles. The molecular weight excluding hydrogens is 272 g/mol. The lowest BCUT2D eigenvalue weighted by Crippen LogP contribution is -2.03. The molecule has 0 amide bonds. The Balaban J connectivity index is 1.85. The van der Waals surface area contributed by atoms with Gasteiger partial charge in [-0.1, -0.05) is 24.3 Å². The second kappa shape index (κ2) is 5.58. The largest absolute Gasteiger partial charge is 0.388 e. The minimum absolute atomic E-state index is 0.206. The van der Waals surface area contributed by atoms with Crippen LogP contribution in [0.5, 0.6) is 0 Å². The molecule has 2 aromatic carbocycles. The average molecular weight is 285 g/mol. The first-order valence-electron chi connectivity index (χ1n) is 6.60. The van der Waals surface area contributed by atoms with Gasteiger partial charge in [-0.3, -0.25) is 4.98 Å².